The topological polar surface area (TPSA) is 94.0 Å². The van der Waals surface area contributed by atoms with Crippen molar-refractivity contribution in [3.63, 3.8) is 0 Å². The summed E-state index contributed by atoms with van der Waals surface area (Å²) >= 11 is 12.4. The normalized spacial score (nSPS) is 23.2. The predicted octanol–water partition coefficient (Wildman–Crippen LogP) is 4.10. The average molecular weight is 485 g/mol. The van der Waals surface area contributed by atoms with E-state index >= 15 is 0 Å². The quantitative estimate of drug-likeness (QED) is 0.611. The molecule has 3 heterocycles. The summed E-state index contributed by atoms with van der Waals surface area (Å²) in [6, 6.07) is 10.2. The number of carbonyl (C=O) groups is 3. The van der Waals surface area contributed by atoms with Crippen molar-refractivity contribution in [3.05, 3.63) is 63.1 Å². The molecule has 3 aliphatic heterocycles. The lowest BCUT2D eigenvalue weighted by atomic mass is 10.1. The molecule has 0 aromatic heterocycles. The van der Waals surface area contributed by atoms with Gasteiger partial charge in [-0.05, 0) is 37.1 Å². The third kappa shape index (κ3) is 3.23. The van der Waals surface area contributed by atoms with Gasteiger partial charge in [0.2, 0.25) is 0 Å². The van der Waals surface area contributed by atoms with E-state index in [9.17, 15) is 19.6 Å². The summed E-state index contributed by atoms with van der Waals surface area (Å²) in [5, 5.41) is 9.89. The number of halogens is 2. The molecule has 2 bridgehead atoms. The Morgan fingerprint density at radius 3 is 2.70 bits per heavy atom. The maximum absolute atomic E-state index is 13.4. The molecule has 2 aromatic rings. The second-order valence-electron chi connectivity index (χ2n) is 8.25. The highest BCUT2D eigenvalue weighted by molar-refractivity contribution is 6.33. The lowest BCUT2D eigenvalue weighted by Crippen LogP contribution is -2.54. The van der Waals surface area contributed by atoms with Gasteiger partial charge in [0.25, 0.3) is 5.91 Å². The number of nitrogens with zero attached hydrogens (tertiary/aromatic N) is 4. The number of urea groups is 1. The van der Waals surface area contributed by atoms with Gasteiger partial charge in [0.1, 0.15) is 18.7 Å². The van der Waals surface area contributed by atoms with Crippen LogP contribution < -0.4 is 4.90 Å². The fourth-order valence-electron chi connectivity index (χ4n) is 4.93. The van der Waals surface area contributed by atoms with Crippen molar-refractivity contribution in [2.45, 2.75) is 38.1 Å². The van der Waals surface area contributed by atoms with Gasteiger partial charge >= 0.3 is 12.1 Å². The third-order valence-electron chi connectivity index (χ3n) is 6.53. The van der Waals surface area contributed by atoms with Crippen LogP contribution >= 0.6 is 23.2 Å². The van der Waals surface area contributed by atoms with E-state index in [4.69, 9.17) is 27.9 Å². The Hall–Kier alpha value is -3.28. The molecule has 8 nitrogen and oxygen atoms in total. The van der Waals surface area contributed by atoms with Crippen LogP contribution in [0.25, 0.3) is 0 Å². The predicted molar refractivity (Wildman–Crippen MR) is 120 cm³/mol. The Labute approximate surface area is 199 Å². The number of rotatable bonds is 3. The number of likely N-dealkylation sites (tertiary alicyclic amines) is 1. The maximum atomic E-state index is 13.4. The first-order chi connectivity index (χ1) is 15.8. The first-order valence-corrected chi connectivity index (χ1v) is 11.1. The van der Waals surface area contributed by atoms with Gasteiger partial charge in [0.05, 0.1) is 28.4 Å². The molecule has 10 heteroatoms. The summed E-state index contributed by atoms with van der Waals surface area (Å²) in [6.45, 7) is 1.97. The maximum Gasteiger partial charge on any atom is 0.410 e. The minimum absolute atomic E-state index is 0.0166. The van der Waals surface area contributed by atoms with Crippen LogP contribution in [-0.2, 0) is 16.1 Å². The first-order valence-electron chi connectivity index (χ1n) is 10.4. The number of benzene rings is 2. The van der Waals surface area contributed by atoms with Crippen molar-refractivity contribution in [1.29, 1.82) is 5.26 Å². The average Bonchev–Trinajstić information content (AvgIpc) is 3.47. The van der Waals surface area contributed by atoms with E-state index in [-0.39, 0.29) is 23.2 Å². The minimum Gasteiger partial charge on any atom is -0.444 e. The zero-order chi connectivity index (χ0) is 23.4. The standard InChI is InChI=1S/C23H18Cl2N4O4/c1-12-17(7-6-13(9-26)19(12)25)29-21(30)20-18-8-15(28(20)22(29)31)10-27(18)23(32)33-11-14-4-2-3-5-16(14)24/h2-7,15,18,20H,8,10-11H2,1H3/t15-,18?,20+/m1/s1. The lowest BCUT2D eigenvalue weighted by Gasteiger charge is -2.34. The molecule has 3 aliphatic rings. The first kappa shape index (κ1) is 21.6. The Morgan fingerprint density at radius 1 is 1.21 bits per heavy atom. The zero-order valence-electron chi connectivity index (χ0n) is 17.5. The van der Waals surface area contributed by atoms with Crippen molar-refractivity contribution in [1.82, 2.24) is 9.80 Å². The van der Waals surface area contributed by atoms with Crippen LogP contribution in [-0.4, -0.2) is 52.5 Å². The van der Waals surface area contributed by atoms with Crippen molar-refractivity contribution in [2.24, 2.45) is 0 Å². The van der Waals surface area contributed by atoms with Gasteiger partial charge in [-0.25, -0.2) is 14.5 Å². The van der Waals surface area contributed by atoms with E-state index < -0.39 is 30.1 Å². The summed E-state index contributed by atoms with van der Waals surface area (Å²) in [5.74, 6) is -0.417. The fraction of sp³-hybridized carbons (Fsp3) is 0.304. The van der Waals surface area contributed by atoms with Crippen LogP contribution in [0.1, 0.15) is 23.1 Å². The van der Waals surface area contributed by atoms with Gasteiger partial charge in [-0.15, -0.1) is 0 Å². The van der Waals surface area contributed by atoms with Crippen LogP contribution in [0.2, 0.25) is 10.0 Å². The SMILES string of the molecule is Cc1c(N2C(=O)[C@@H]3C4C[C@H](CN4C(=O)OCc4ccccc4Cl)N3C2=O)ccc(C#N)c1Cl. The Balaban J connectivity index is 1.36. The number of carbonyl (C=O) groups excluding carboxylic acids is 3. The largest absolute Gasteiger partial charge is 0.444 e. The molecule has 168 valence electrons. The van der Waals surface area contributed by atoms with Crippen LogP contribution in [0.3, 0.4) is 0 Å². The molecule has 0 radical (unpaired) electrons. The van der Waals surface area contributed by atoms with Crippen molar-refractivity contribution < 1.29 is 19.1 Å². The molecule has 3 fully saturated rings. The Kier molecular flexibility index (Phi) is 5.19. The molecular formula is C23H18Cl2N4O4. The molecular weight excluding hydrogens is 467 g/mol. The van der Waals surface area contributed by atoms with Gasteiger partial charge in [0.15, 0.2) is 0 Å². The molecule has 5 rings (SSSR count). The minimum atomic E-state index is -0.780. The number of fused-ring (bicyclic) bond motifs is 5. The van der Waals surface area contributed by atoms with Crippen molar-refractivity contribution in [3.8, 4) is 6.07 Å². The number of hydrogen-bond acceptors (Lipinski definition) is 5. The van der Waals surface area contributed by atoms with E-state index in [0.717, 1.165) is 4.90 Å². The number of amides is 4. The zero-order valence-corrected chi connectivity index (χ0v) is 19.0. The molecule has 1 unspecified atom stereocenters. The van der Waals surface area contributed by atoms with Gasteiger partial charge in [-0.1, -0.05) is 41.4 Å². The molecule has 2 aromatic carbocycles. The number of imide groups is 1. The highest BCUT2D eigenvalue weighted by Gasteiger charge is 2.63. The van der Waals surface area contributed by atoms with E-state index in [2.05, 4.69) is 0 Å². The molecule has 3 saturated heterocycles. The highest BCUT2D eigenvalue weighted by Crippen LogP contribution is 2.43. The number of hydrogen-bond donors (Lipinski definition) is 0. The van der Waals surface area contributed by atoms with Crippen LogP contribution in [0.4, 0.5) is 15.3 Å². The summed E-state index contributed by atoms with van der Waals surface area (Å²) in [4.78, 5) is 43.5. The highest BCUT2D eigenvalue weighted by atomic mass is 35.5. The summed E-state index contributed by atoms with van der Waals surface area (Å²) in [5.41, 5.74) is 1.77. The van der Waals surface area contributed by atoms with Crippen LogP contribution in [0, 0.1) is 18.3 Å². The smallest absolute Gasteiger partial charge is 0.410 e. The molecule has 0 aliphatic carbocycles. The van der Waals surface area contributed by atoms with Gasteiger partial charge < -0.3 is 14.5 Å². The molecule has 33 heavy (non-hydrogen) atoms. The van der Waals surface area contributed by atoms with Gasteiger partial charge in [0, 0.05) is 17.1 Å². The van der Waals surface area contributed by atoms with Crippen molar-refractivity contribution in [2.75, 3.05) is 11.4 Å². The summed E-state index contributed by atoms with van der Waals surface area (Å²) in [7, 11) is 0. The van der Waals surface area contributed by atoms with E-state index in [0.29, 0.717) is 34.8 Å². The van der Waals surface area contributed by atoms with Gasteiger partial charge in [-0.3, -0.25) is 4.79 Å². The van der Waals surface area contributed by atoms with E-state index in [1.165, 1.54) is 11.0 Å². The second-order valence-corrected chi connectivity index (χ2v) is 9.03. The number of anilines is 1. The molecule has 4 amide bonds. The van der Waals surface area contributed by atoms with E-state index in [1.807, 2.05) is 6.07 Å². The number of ether oxygens (including phenoxy) is 1. The molecule has 0 N–H and O–H groups in total. The summed E-state index contributed by atoms with van der Waals surface area (Å²) < 4.78 is 5.45. The van der Waals surface area contributed by atoms with Crippen LogP contribution in [0.5, 0.6) is 0 Å². The molecule has 0 spiro atoms. The fourth-order valence-corrected chi connectivity index (χ4v) is 5.32. The molecule has 0 saturated carbocycles. The monoisotopic (exact) mass is 484 g/mol. The van der Waals surface area contributed by atoms with E-state index in [1.54, 1.807) is 42.2 Å². The number of nitriles is 1. The summed E-state index contributed by atoms with van der Waals surface area (Å²) in [6.07, 6.45) is -0.0250. The third-order valence-corrected chi connectivity index (χ3v) is 7.38. The molecule has 3 atom stereocenters. The second kappa shape index (κ2) is 7.94. The Bertz CT molecular complexity index is 1240. The van der Waals surface area contributed by atoms with Gasteiger partial charge in [-0.2, -0.15) is 5.26 Å². The lowest BCUT2D eigenvalue weighted by molar-refractivity contribution is -0.121. The van der Waals surface area contributed by atoms with Crippen LogP contribution in [0.15, 0.2) is 36.4 Å². The van der Waals surface area contributed by atoms with Crippen molar-refractivity contribution >= 4 is 46.9 Å². The Morgan fingerprint density at radius 2 is 1.97 bits per heavy atom. The number of piperazine rings is 1.